The average Bonchev–Trinajstić information content (AvgIpc) is 2.60. The highest BCUT2D eigenvalue weighted by Gasteiger charge is 2.19. The third-order valence-electron chi connectivity index (χ3n) is 5.58. The largest absolute Gasteiger partial charge is 0.368 e. The molecule has 1 aliphatic heterocycles. The Morgan fingerprint density at radius 3 is 2.48 bits per heavy atom. The van der Waals surface area contributed by atoms with Crippen LogP contribution in [0.5, 0.6) is 0 Å². The number of benzene rings is 1. The summed E-state index contributed by atoms with van der Waals surface area (Å²) in [5.74, 6) is 0. The van der Waals surface area contributed by atoms with Crippen LogP contribution in [0.15, 0.2) is 30.3 Å². The maximum atomic E-state index is 2.64. The molecule has 1 aromatic rings. The number of piperazine rings is 1. The van der Waals surface area contributed by atoms with Gasteiger partial charge in [0.25, 0.3) is 0 Å². The Hall–Kier alpha value is -0.990. The molecular weight excluding hydrogens is 328 g/mol. The van der Waals surface area contributed by atoms with Crippen LogP contribution in [-0.4, -0.2) is 37.6 Å². The second-order valence-electron chi connectivity index (χ2n) is 7.38. The highest BCUT2D eigenvalue weighted by molar-refractivity contribution is 5.85. The van der Waals surface area contributed by atoms with Crippen LogP contribution in [0.1, 0.15) is 63.9 Å². The summed E-state index contributed by atoms with van der Waals surface area (Å²) >= 11 is 0. The summed E-state index contributed by atoms with van der Waals surface area (Å²) in [5, 5.41) is 0. The quantitative estimate of drug-likeness (QED) is 0.656. The molecule has 1 saturated heterocycles. The predicted octanol–water partition coefficient (Wildman–Crippen LogP) is 5.77. The van der Waals surface area contributed by atoms with Gasteiger partial charge < -0.3 is 4.90 Å². The minimum absolute atomic E-state index is 0. The summed E-state index contributed by atoms with van der Waals surface area (Å²) in [6, 6.07) is 9.13. The molecule has 2 nitrogen and oxygen atoms in total. The lowest BCUT2D eigenvalue weighted by molar-refractivity contribution is 0.254. The monoisotopic (exact) mass is 362 g/mol. The Balaban J connectivity index is 0.00000225. The number of halogens is 1. The minimum Gasteiger partial charge on any atom is -0.368 e. The lowest BCUT2D eigenvalue weighted by Gasteiger charge is -2.37. The topological polar surface area (TPSA) is 6.48 Å². The number of hydrogen-bond donors (Lipinski definition) is 0. The molecule has 0 unspecified atom stereocenters. The van der Waals surface area contributed by atoms with Crippen molar-refractivity contribution in [2.75, 3.05) is 37.6 Å². The predicted molar refractivity (Wildman–Crippen MR) is 113 cm³/mol. The van der Waals surface area contributed by atoms with Gasteiger partial charge in [-0.05, 0) is 50.3 Å². The third-order valence-corrected chi connectivity index (χ3v) is 5.58. The molecule has 1 fully saturated rings. The van der Waals surface area contributed by atoms with Gasteiger partial charge in [-0.15, -0.1) is 12.4 Å². The highest BCUT2D eigenvalue weighted by atomic mass is 35.5. The van der Waals surface area contributed by atoms with Crippen molar-refractivity contribution in [2.45, 2.75) is 58.3 Å². The molecule has 0 bridgehead atoms. The van der Waals surface area contributed by atoms with Crippen molar-refractivity contribution in [2.24, 2.45) is 0 Å². The number of rotatable bonds is 5. The zero-order valence-corrected chi connectivity index (χ0v) is 16.7. The van der Waals surface area contributed by atoms with E-state index in [0.717, 1.165) is 0 Å². The molecule has 0 aromatic heterocycles. The van der Waals surface area contributed by atoms with Gasteiger partial charge in [-0.3, -0.25) is 4.90 Å². The molecule has 3 heteroatoms. The summed E-state index contributed by atoms with van der Waals surface area (Å²) in [4.78, 5) is 5.26. The summed E-state index contributed by atoms with van der Waals surface area (Å²) in [7, 11) is 0. The van der Waals surface area contributed by atoms with Gasteiger partial charge in [-0.2, -0.15) is 0 Å². The van der Waals surface area contributed by atoms with Crippen LogP contribution in [0.4, 0.5) is 5.69 Å². The third kappa shape index (κ3) is 5.76. The number of allylic oxidation sites excluding steroid dienone is 2. The first-order valence-corrected chi connectivity index (χ1v) is 10.1. The van der Waals surface area contributed by atoms with Crippen molar-refractivity contribution in [3.8, 4) is 0 Å². The van der Waals surface area contributed by atoms with Gasteiger partial charge in [-0.25, -0.2) is 0 Å². The molecule has 0 amide bonds. The van der Waals surface area contributed by atoms with Gasteiger partial charge in [0.05, 0.1) is 0 Å². The molecule has 0 saturated carbocycles. The van der Waals surface area contributed by atoms with E-state index in [9.17, 15) is 0 Å². The van der Waals surface area contributed by atoms with E-state index in [0.29, 0.717) is 0 Å². The van der Waals surface area contributed by atoms with E-state index in [1.807, 2.05) is 0 Å². The molecule has 0 radical (unpaired) electrons. The SMILES string of the molecule is CCCCN1CCN(c2ccccc2/C2=C/CCCCCC2)CC1.Cl. The lowest BCUT2D eigenvalue weighted by atomic mass is 9.93. The van der Waals surface area contributed by atoms with E-state index in [-0.39, 0.29) is 12.4 Å². The summed E-state index contributed by atoms with van der Waals surface area (Å²) in [6.07, 6.45) is 13.2. The van der Waals surface area contributed by atoms with E-state index in [1.54, 1.807) is 5.57 Å². The molecule has 0 spiro atoms. The smallest absolute Gasteiger partial charge is 0.0443 e. The molecule has 1 aromatic carbocycles. The van der Waals surface area contributed by atoms with Gasteiger partial charge in [0.15, 0.2) is 0 Å². The fraction of sp³-hybridized carbons (Fsp3) is 0.636. The first kappa shape index (κ1) is 20.3. The summed E-state index contributed by atoms with van der Waals surface area (Å²) < 4.78 is 0. The Morgan fingerprint density at radius 2 is 1.68 bits per heavy atom. The fourth-order valence-corrected chi connectivity index (χ4v) is 4.05. The average molecular weight is 363 g/mol. The van der Waals surface area contributed by atoms with Crippen LogP contribution in [0.25, 0.3) is 5.57 Å². The van der Waals surface area contributed by atoms with Gasteiger partial charge in [0, 0.05) is 37.4 Å². The number of anilines is 1. The van der Waals surface area contributed by atoms with Crippen molar-refractivity contribution < 1.29 is 0 Å². The molecule has 1 heterocycles. The highest BCUT2D eigenvalue weighted by Crippen LogP contribution is 2.33. The Bertz CT molecular complexity index is 533. The van der Waals surface area contributed by atoms with Gasteiger partial charge in [0.1, 0.15) is 0 Å². The molecule has 0 atom stereocenters. The van der Waals surface area contributed by atoms with Crippen LogP contribution in [0.3, 0.4) is 0 Å². The number of para-hydroxylation sites is 1. The molecular formula is C22H35ClN2. The molecule has 140 valence electrons. The maximum absolute atomic E-state index is 2.64. The van der Waals surface area contributed by atoms with Crippen molar-refractivity contribution in [1.29, 1.82) is 0 Å². The Labute approximate surface area is 160 Å². The molecule has 0 N–H and O–H groups in total. The zero-order valence-electron chi connectivity index (χ0n) is 15.9. The van der Waals surface area contributed by atoms with E-state index in [2.05, 4.69) is 47.1 Å². The van der Waals surface area contributed by atoms with Crippen molar-refractivity contribution in [3.63, 3.8) is 0 Å². The van der Waals surface area contributed by atoms with Crippen LogP contribution in [0.2, 0.25) is 0 Å². The number of hydrogen-bond acceptors (Lipinski definition) is 2. The fourth-order valence-electron chi connectivity index (χ4n) is 4.05. The second kappa shape index (κ2) is 10.9. The van der Waals surface area contributed by atoms with Crippen molar-refractivity contribution in [1.82, 2.24) is 4.90 Å². The van der Waals surface area contributed by atoms with Crippen LogP contribution < -0.4 is 4.90 Å². The van der Waals surface area contributed by atoms with Crippen LogP contribution in [-0.2, 0) is 0 Å². The van der Waals surface area contributed by atoms with Crippen molar-refractivity contribution >= 4 is 23.7 Å². The van der Waals surface area contributed by atoms with Crippen molar-refractivity contribution in [3.05, 3.63) is 35.9 Å². The first-order valence-electron chi connectivity index (χ1n) is 10.1. The van der Waals surface area contributed by atoms with Crippen LogP contribution in [0, 0.1) is 0 Å². The molecule has 3 rings (SSSR count). The lowest BCUT2D eigenvalue weighted by Crippen LogP contribution is -2.46. The summed E-state index contributed by atoms with van der Waals surface area (Å²) in [6.45, 7) is 8.34. The van der Waals surface area contributed by atoms with E-state index in [1.165, 1.54) is 95.3 Å². The molecule has 2 aliphatic rings. The maximum Gasteiger partial charge on any atom is 0.0443 e. The minimum atomic E-state index is 0. The van der Waals surface area contributed by atoms with E-state index >= 15 is 0 Å². The Kier molecular flexibility index (Phi) is 8.84. The zero-order chi connectivity index (χ0) is 16.6. The van der Waals surface area contributed by atoms with Crippen LogP contribution >= 0.6 is 12.4 Å². The number of unbranched alkanes of at least 4 members (excludes halogenated alkanes) is 1. The van der Waals surface area contributed by atoms with Gasteiger partial charge >= 0.3 is 0 Å². The van der Waals surface area contributed by atoms with Gasteiger partial charge in [0.2, 0.25) is 0 Å². The van der Waals surface area contributed by atoms with E-state index < -0.39 is 0 Å². The summed E-state index contributed by atoms with van der Waals surface area (Å²) in [5.41, 5.74) is 4.57. The first-order chi connectivity index (χ1) is 11.9. The molecule has 25 heavy (non-hydrogen) atoms. The standard InChI is InChI=1S/C22H34N2.ClH/c1-2-3-15-23-16-18-24(19-17-23)22-14-10-9-13-21(22)20-11-7-5-4-6-8-12-20;/h9-11,13-14H,2-8,12,15-19H2,1H3;1H/b20-11+;. The van der Waals surface area contributed by atoms with Gasteiger partial charge in [-0.1, -0.05) is 50.5 Å². The van der Waals surface area contributed by atoms with E-state index in [4.69, 9.17) is 0 Å². The Morgan fingerprint density at radius 1 is 0.920 bits per heavy atom. The molecule has 1 aliphatic carbocycles. The number of nitrogens with zero attached hydrogens (tertiary/aromatic N) is 2. The normalized spacial score (nSPS) is 21.6. The second-order valence-corrected chi connectivity index (χ2v) is 7.38.